The van der Waals surface area contributed by atoms with Gasteiger partial charge in [-0.2, -0.15) is 0 Å². The predicted molar refractivity (Wildman–Crippen MR) is 212 cm³/mol. The second-order valence-corrected chi connectivity index (χ2v) is 16.3. The highest BCUT2D eigenvalue weighted by Crippen LogP contribution is 2.43. The fourth-order valence-corrected chi connectivity index (χ4v) is 7.61. The minimum atomic E-state index is -4.32. The molecule has 312 valence electrons. The maximum atomic E-state index is 12.5. The third kappa shape index (κ3) is 27.0. The van der Waals surface area contributed by atoms with Crippen molar-refractivity contribution in [3.05, 3.63) is 24.5 Å². The van der Waals surface area contributed by atoms with E-state index in [1.807, 2.05) is 12.2 Å². The van der Waals surface area contributed by atoms with Crippen molar-refractivity contribution in [2.45, 2.75) is 192 Å². The summed E-state index contributed by atoms with van der Waals surface area (Å²) in [6, 6.07) is 0. The van der Waals surface area contributed by atoms with Gasteiger partial charge in [0.1, 0.15) is 6.61 Å². The molecule has 0 amide bonds. The fourth-order valence-electron chi connectivity index (χ4n) is 6.84. The van der Waals surface area contributed by atoms with Crippen LogP contribution in [0.5, 0.6) is 0 Å². The Morgan fingerprint density at radius 2 is 1.42 bits per heavy atom. The van der Waals surface area contributed by atoms with Crippen LogP contribution in [0.3, 0.4) is 0 Å². The second-order valence-electron chi connectivity index (χ2n) is 14.9. The smallest absolute Gasteiger partial charge is 0.472 e. The van der Waals surface area contributed by atoms with Gasteiger partial charge in [-0.15, -0.1) is 0 Å². The molecule has 0 aliphatic heterocycles. The van der Waals surface area contributed by atoms with E-state index in [1.54, 1.807) is 12.3 Å². The molecular formula is C41H78NO10P. The Balaban J connectivity index is 2.36. The van der Waals surface area contributed by atoms with Crippen LogP contribution in [0, 0.1) is 11.8 Å². The van der Waals surface area contributed by atoms with Gasteiger partial charge in [-0.05, 0) is 44.1 Å². The quantitative estimate of drug-likeness (QED) is 0.0135. The van der Waals surface area contributed by atoms with Gasteiger partial charge in [-0.1, -0.05) is 135 Å². The van der Waals surface area contributed by atoms with Crippen molar-refractivity contribution >= 4 is 13.8 Å². The van der Waals surface area contributed by atoms with Gasteiger partial charge >= 0.3 is 13.8 Å². The maximum Gasteiger partial charge on any atom is 0.472 e. The first-order valence-corrected chi connectivity index (χ1v) is 22.6. The number of nitrogens with two attached hydrogens (primary N) is 1. The molecule has 1 unspecified atom stereocenters. The van der Waals surface area contributed by atoms with Crippen LogP contribution in [-0.4, -0.2) is 77.0 Å². The van der Waals surface area contributed by atoms with Gasteiger partial charge in [0.2, 0.25) is 0 Å². The Hall–Kier alpha value is -1.30. The van der Waals surface area contributed by atoms with E-state index < -0.39 is 32.2 Å². The van der Waals surface area contributed by atoms with Crippen LogP contribution in [0.15, 0.2) is 24.5 Å². The molecule has 53 heavy (non-hydrogen) atoms. The van der Waals surface area contributed by atoms with Crippen LogP contribution < -0.4 is 5.73 Å². The number of phosphoric acid groups is 1. The highest BCUT2D eigenvalue weighted by Gasteiger charge is 2.39. The number of aliphatic hydroxyl groups excluding tert-OH is 3. The van der Waals surface area contributed by atoms with Crippen LogP contribution in [-0.2, 0) is 27.9 Å². The molecule has 12 heteroatoms. The molecule has 0 heterocycles. The van der Waals surface area contributed by atoms with Crippen molar-refractivity contribution in [1.29, 1.82) is 0 Å². The first kappa shape index (κ1) is 49.7. The van der Waals surface area contributed by atoms with Crippen LogP contribution in [0.2, 0.25) is 0 Å². The van der Waals surface area contributed by atoms with Gasteiger partial charge < -0.3 is 35.4 Å². The van der Waals surface area contributed by atoms with E-state index in [9.17, 15) is 29.6 Å². The zero-order valence-corrected chi connectivity index (χ0v) is 34.2. The molecule has 1 fully saturated rings. The van der Waals surface area contributed by atoms with Gasteiger partial charge in [-0.3, -0.25) is 13.8 Å². The average Bonchev–Trinajstić information content (AvgIpc) is 3.41. The minimum Gasteiger partial charge on any atom is -0.492 e. The molecule has 6 N–H and O–H groups in total. The normalized spacial score (nSPS) is 21.3. The second kappa shape index (κ2) is 32.9. The molecule has 0 saturated heterocycles. The summed E-state index contributed by atoms with van der Waals surface area (Å²) in [5, 5.41) is 31.3. The number of ether oxygens (including phenoxy) is 2. The Morgan fingerprint density at radius 3 is 2.08 bits per heavy atom. The van der Waals surface area contributed by atoms with Gasteiger partial charge in [0.15, 0.2) is 6.10 Å². The highest BCUT2D eigenvalue weighted by molar-refractivity contribution is 7.47. The Morgan fingerprint density at radius 1 is 0.811 bits per heavy atom. The zero-order chi connectivity index (χ0) is 39.0. The number of aliphatic hydroxyl groups is 3. The third-order valence-electron chi connectivity index (χ3n) is 10.1. The molecule has 1 saturated carbocycles. The number of phosphoric ester groups is 1. The molecule has 1 rings (SSSR count). The largest absolute Gasteiger partial charge is 0.492 e. The van der Waals surface area contributed by atoms with E-state index in [0.717, 1.165) is 64.2 Å². The molecule has 0 radical (unpaired) electrons. The van der Waals surface area contributed by atoms with Gasteiger partial charge in [0, 0.05) is 25.3 Å². The molecule has 0 aromatic carbocycles. The van der Waals surface area contributed by atoms with Gasteiger partial charge in [0.05, 0.1) is 37.8 Å². The maximum absolute atomic E-state index is 12.5. The number of allylic oxidation sites excluding steroid dienone is 1. The summed E-state index contributed by atoms with van der Waals surface area (Å²) in [4.78, 5) is 22.4. The van der Waals surface area contributed by atoms with Crippen LogP contribution >= 0.6 is 7.82 Å². The van der Waals surface area contributed by atoms with E-state index >= 15 is 0 Å². The number of unbranched alkanes of at least 4 members (excludes halogenated alkanes) is 17. The lowest BCUT2D eigenvalue weighted by atomic mass is 9.88. The molecule has 0 bridgehead atoms. The molecule has 0 aromatic rings. The number of esters is 1. The number of carbonyl (C=O) groups is 1. The monoisotopic (exact) mass is 776 g/mol. The van der Waals surface area contributed by atoms with E-state index in [0.29, 0.717) is 19.3 Å². The summed E-state index contributed by atoms with van der Waals surface area (Å²) in [5.41, 5.74) is 5.36. The summed E-state index contributed by atoms with van der Waals surface area (Å²) in [5.74, 6) is -0.611. The highest BCUT2D eigenvalue weighted by atomic mass is 31.2. The Bertz CT molecular complexity index is 982. The lowest BCUT2D eigenvalue weighted by molar-refractivity contribution is -0.147. The van der Waals surface area contributed by atoms with Crippen LogP contribution in [0.1, 0.15) is 168 Å². The molecule has 1 aliphatic carbocycles. The third-order valence-corrected chi connectivity index (χ3v) is 11.0. The first-order valence-electron chi connectivity index (χ1n) is 21.1. The van der Waals surface area contributed by atoms with Crippen molar-refractivity contribution in [1.82, 2.24) is 0 Å². The van der Waals surface area contributed by atoms with E-state index in [1.165, 1.54) is 64.2 Å². The summed E-state index contributed by atoms with van der Waals surface area (Å²) in [6.07, 6.45) is 29.3. The lowest BCUT2D eigenvalue weighted by Gasteiger charge is -2.21. The summed E-state index contributed by atoms with van der Waals surface area (Å²) in [7, 11) is -4.32. The van der Waals surface area contributed by atoms with Gasteiger partial charge in [0.25, 0.3) is 0 Å². The van der Waals surface area contributed by atoms with Crippen LogP contribution in [0.25, 0.3) is 0 Å². The molecular weight excluding hydrogens is 697 g/mol. The molecule has 0 aromatic heterocycles. The van der Waals surface area contributed by atoms with E-state index in [4.69, 9.17) is 24.3 Å². The molecule has 1 aliphatic rings. The van der Waals surface area contributed by atoms with E-state index in [2.05, 4.69) is 13.8 Å². The van der Waals surface area contributed by atoms with Crippen molar-refractivity contribution in [3.8, 4) is 0 Å². The fraction of sp³-hybridized carbons (Fsp3) is 0.878. The van der Waals surface area contributed by atoms with Crippen molar-refractivity contribution < 1.29 is 48.1 Å². The SMILES string of the molecule is CCCCCCCCCCCCCC/C=C/O[C@H](COC(=O)CCCCCC[C@@H]1[C@@H](/C=C/[C@@H](O)CCCCC)[C@H](O)C[C@@H]1O)COP(=O)(O)OCCN. The zero-order valence-electron chi connectivity index (χ0n) is 33.3. The van der Waals surface area contributed by atoms with Crippen molar-refractivity contribution in [2.75, 3.05) is 26.4 Å². The van der Waals surface area contributed by atoms with Gasteiger partial charge in [-0.25, -0.2) is 4.57 Å². The summed E-state index contributed by atoms with van der Waals surface area (Å²) in [6.45, 7) is 3.88. The first-order chi connectivity index (χ1) is 25.6. The molecule has 11 nitrogen and oxygen atoms in total. The standard InChI is InChI=1S/C41H78NO10P/c1-3-5-7-8-9-10-11-12-13-14-15-16-19-23-30-49-36(34-52-53(47,48)51-31-29-42)33-50-41(46)26-22-18-17-21-25-37-38(40(45)32-39(37)44)28-27-35(43)24-20-6-4-2/h23,27-28,30,35-40,43-45H,3-22,24-26,29,31-34,42H2,1-2H3,(H,47,48)/b28-27+,30-23+/t35-,36+,37+,38+,39-,40+/m0/s1. The lowest BCUT2D eigenvalue weighted by Crippen LogP contribution is -2.25. The number of hydrogen-bond acceptors (Lipinski definition) is 10. The average molecular weight is 776 g/mol. The Kier molecular flexibility index (Phi) is 30.9. The topological polar surface area (TPSA) is 178 Å². The predicted octanol–water partition coefficient (Wildman–Crippen LogP) is 8.81. The van der Waals surface area contributed by atoms with Crippen molar-refractivity contribution in [2.24, 2.45) is 17.6 Å². The van der Waals surface area contributed by atoms with E-state index in [-0.39, 0.29) is 50.6 Å². The Labute approximate surface area is 322 Å². The van der Waals surface area contributed by atoms with Crippen LogP contribution in [0.4, 0.5) is 0 Å². The molecule has 0 spiro atoms. The summed E-state index contributed by atoms with van der Waals surface area (Å²) >= 11 is 0. The number of rotatable bonds is 36. The minimum absolute atomic E-state index is 0.0540. The number of hydrogen-bond donors (Lipinski definition) is 5. The molecule has 7 atom stereocenters. The number of carbonyl (C=O) groups excluding carboxylic acids is 1. The summed E-state index contributed by atoms with van der Waals surface area (Å²) < 4.78 is 33.2. The van der Waals surface area contributed by atoms with Crippen molar-refractivity contribution in [3.63, 3.8) is 0 Å².